The molecule has 2 nitrogen and oxygen atoms in total. The van der Waals surface area contributed by atoms with E-state index in [0.717, 1.165) is 25.8 Å². The number of carbonyl (C=O) groups excluding carboxylic acids is 1. The second-order valence-corrected chi connectivity index (χ2v) is 4.25. The highest BCUT2D eigenvalue weighted by atomic mass is 16.1. The largest absolute Gasteiger partial charge is 0.356 e. The molecular weight excluding hydrogens is 186 g/mol. The zero-order valence-electron chi connectivity index (χ0n) is 8.91. The molecule has 0 radical (unpaired) electrons. The van der Waals surface area contributed by atoms with Crippen LogP contribution in [0.5, 0.6) is 0 Å². The lowest BCUT2D eigenvalue weighted by atomic mass is 9.93. The summed E-state index contributed by atoms with van der Waals surface area (Å²) in [6.45, 7) is 0.851. The van der Waals surface area contributed by atoms with Gasteiger partial charge in [0.05, 0.1) is 0 Å². The van der Waals surface area contributed by atoms with Crippen LogP contribution in [0.3, 0.4) is 0 Å². The van der Waals surface area contributed by atoms with Gasteiger partial charge in [-0.2, -0.15) is 0 Å². The lowest BCUT2D eigenvalue weighted by molar-refractivity contribution is -0.121. The van der Waals surface area contributed by atoms with Crippen molar-refractivity contribution in [3.63, 3.8) is 0 Å². The Kier molecular flexibility index (Phi) is 3.38. The molecule has 1 fully saturated rings. The maximum absolute atomic E-state index is 11.4. The number of benzene rings is 1. The van der Waals surface area contributed by atoms with Crippen molar-refractivity contribution in [3.8, 4) is 0 Å². The summed E-state index contributed by atoms with van der Waals surface area (Å²) in [6.07, 6.45) is 4.00. The average Bonchev–Trinajstić information content (AvgIpc) is 2.44. The molecule has 0 bridgehead atoms. The highest BCUT2D eigenvalue weighted by molar-refractivity contribution is 5.76. The lowest BCUT2D eigenvalue weighted by Gasteiger charge is -2.12. The Morgan fingerprint density at radius 2 is 2.07 bits per heavy atom. The molecule has 2 heteroatoms. The Morgan fingerprint density at radius 3 is 2.87 bits per heavy atom. The molecule has 1 amide bonds. The van der Waals surface area contributed by atoms with Crippen LogP contribution in [0.2, 0.25) is 0 Å². The van der Waals surface area contributed by atoms with E-state index in [0.29, 0.717) is 12.3 Å². The van der Waals surface area contributed by atoms with E-state index in [1.54, 1.807) is 0 Å². The van der Waals surface area contributed by atoms with E-state index < -0.39 is 0 Å². The van der Waals surface area contributed by atoms with Crippen molar-refractivity contribution in [2.75, 3.05) is 6.54 Å². The number of hydrogen-bond acceptors (Lipinski definition) is 1. The van der Waals surface area contributed by atoms with Gasteiger partial charge in [-0.05, 0) is 30.7 Å². The molecule has 0 unspecified atom stereocenters. The molecule has 1 heterocycles. The predicted molar refractivity (Wildman–Crippen MR) is 60.5 cm³/mol. The van der Waals surface area contributed by atoms with E-state index in [9.17, 15) is 4.79 Å². The van der Waals surface area contributed by atoms with Gasteiger partial charge in [0, 0.05) is 13.0 Å². The van der Waals surface area contributed by atoms with Crippen molar-refractivity contribution in [1.29, 1.82) is 0 Å². The van der Waals surface area contributed by atoms with Gasteiger partial charge in [-0.15, -0.1) is 0 Å². The van der Waals surface area contributed by atoms with Gasteiger partial charge in [-0.25, -0.2) is 0 Å². The number of hydrogen-bond donors (Lipinski definition) is 1. The van der Waals surface area contributed by atoms with E-state index >= 15 is 0 Å². The van der Waals surface area contributed by atoms with Gasteiger partial charge in [-0.1, -0.05) is 30.3 Å². The maximum atomic E-state index is 11.4. The summed E-state index contributed by atoms with van der Waals surface area (Å²) in [6, 6.07) is 10.4. The van der Waals surface area contributed by atoms with Gasteiger partial charge in [0.15, 0.2) is 0 Å². The van der Waals surface area contributed by atoms with Crippen LogP contribution in [0.4, 0.5) is 0 Å². The van der Waals surface area contributed by atoms with Gasteiger partial charge in [0.25, 0.3) is 0 Å². The first-order chi connectivity index (χ1) is 7.34. The molecule has 1 aromatic rings. The molecule has 1 saturated heterocycles. The standard InChI is InChI=1S/C13H17NO/c15-13-10-12(7-4-8-14-13)9-11-5-2-1-3-6-11/h1-3,5-6,12H,4,7-10H2,(H,14,15)/t12-/m0/s1. The monoisotopic (exact) mass is 203 g/mol. The summed E-state index contributed by atoms with van der Waals surface area (Å²) < 4.78 is 0. The smallest absolute Gasteiger partial charge is 0.220 e. The third-order valence-corrected chi connectivity index (χ3v) is 2.95. The summed E-state index contributed by atoms with van der Waals surface area (Å²) >= 11 is 0. The first-order valence-electron chi connectivity index (χ1n) is 5.65. The summed E-state index contributed by atoms with van der Waals surface area (Å²) in [5.41, 5.74) is 1.34. The van der Waals surface area contributed by atoms with E-state index in [1.165, 1.54) is 5.56 Å². The van der Waals surface area contributed by atoms with Gasteiger partial charge >= 0.3 is 0 Å². The minimum atomic E-state index is 0.216. The van der Waals surface area contributed by atoms with Crippen LogP contribution in [0.25, 0.3) is 0 Å². The van der Waals surface area contributed by atoms with Crippen molar-refractivity contribution in [2.24, 2.45) is 5.92 Å². The Morgan fingerprint density at radius 1 is 1.27 bits per heavy atom. The lowest BCUT2D eigenvalue weighted by Crippen LogP contribution is -2.22. The van der Waals surface area contributed by atoms with Crippen molar-refractivity contribution < 1.29 is 4.79 Å². The fourth-order valence-electron chi connectivity index (χ4n) is 2.18. The van der Waals surface area contributed by atoms with Crippen LogP contribution in [-0.4, -0.2) is 12.5 Å². The molecule has 0 aliphatic carbocycles. The van der Waals surface area contributed by atoms with Gasteiger partial charge in [-0.3, -0.25) is 4.79 Å². The molecule has 1 atom stereocenters. The molecule has 80 valence electrons. The number of carbonyl (C=O) groups is 1. The van der Waals surface area contributed by atoms with Gasteiger partial charge in [0.2, 0.25) is 5.91 Å². The number of nitrogens with one attached hydrogen (secondary N) is 1. The maximum Gasteiger partial charge on any atom is 0.220 e. The first-order valence-corrected chi connectivity index (χ1v) is 5.65. The molecule has 1 aromatic carbocycles. The van der Waals surface area contributed by atoms with Crippen molar-refractivity contribution >= 4 is 5.91 Å². The molecule has 0 spiro atoms. The summed E-state index contributed by atoms with van der Waals surface area (Å²) in [4.78, 5) is 11.4. The van der Waals surface area contributed by atoms with Crippen molar-refractivity contribution in [2.45, 2.75) is 25.7 Å². The third-order valence-electron chi connectivity index (χ3n) is 2.95. The zero-order chi connectivity index (χ0) is 10.5. The van der Waals surface area contributed by atoms with Crippen LogP contribution in [0, 0.1) is 5.92 Å². The quantitative estimate of drug-likeness (QED) is 0.784. The van der Waals surface area contributed by atoms with E-state index in [1.807, 2.05) is 6.07 Å². The summed E-state index contributed by atoms with van der Waals surface area (Å²) in [5, 5.41) is 2.92. The summed E-state index contributed by atoms with van der Waals surface area (Å²) in [7, 11) is 0. The molecule has 1 N–H and O–H groups in total. The Bertz CT molecular complexity index is 321. The second-order valence-electron chi connectivity index (χ2n) is 4.25. The van der Waals surface area contributed by atoms with Crippen LogP contribution < -0.4 is 5.32 Å². The van der Waals surface area contributed by atoms with E-state index in [-0.39, 0.29) is 5.91 Å². The fraction of sp³-hybridized carbons (Fsp3) is 0.462. The molecular formula is C13H17NO. The first kappa shape index (κ1) is 10.2. The molecule has 0 aromatic heterocycles. The van der Waals surface area contributed by atoms with Crippen LogP contribution in [0.1, 0.15) is 24.8 Å². The molecule has 1 aliphatic rings. The number of amides is 1. The second kappa shape index (κ2) is 4.96. The van der Waals surface area contributed by atoms with E-state index in [2.05, 4.69) is 29.6 Å². The Balaban J connectivity index is 1.96. The number of rotatable bonds is 2. The van der Waals surface area contributed by atoms with Crippen LogP contribution >= 0.6 is 0 Å². The van der Waals surface area contributed by atoms with Crippen molar-refractivity contribution in [1.82, 2.24) is 5.32 Å². The molecule has 1 aliphatic heterocycles. The van der Waals surface area contributed by atoms with Crippen LogP contribution in [0.15, 0.2) is 30.3 Å². The Labute approximate surface area is 90.7 Å². The molecule has 15 heavy (non-hydrogen) atoms. The Hall–Kier alpha value is -1.31. The minimum absolute atomic E-state index is 0.216. The SMILES string of the molecule is O=C1C[C@H](Cc2ccccc2)CCCN1. The van der Waals surface area contributed by atoms with E-state index in [4.69, 9.17) is 0 Å². The van der Waals surface area contributed by atoms with Crippen molar-refractivity contribution in [3.05, 3.63) is 35.9 Å². The highest BCUT2D eigenvalue weighted by Crippen LogP contribution is 2.19. The van der Waals surface area contributed by atoms with Crippen LogP contribution in [-0.2, 0) is 11.2 Å². The zero-order valence-corrected chi connectivity index (χ0v) is 8.91. The molecule has 0 saturated carbocycles. The molecule has 2 rings (SSSR count). The highest BCUT2D eigenvalue weighted by Gasteiger charge is 2.17. The minimum Gasteiger partial charge on any atom is -0.356 e. The van der Waals surface area contributed by atoms with Gasteiger partial charge in [0.1, 0.15) is 0 Å². The van der Waals surface area contributed by atoms with Gasteiger partial charge < -0.3 is 5.32 Å². The fourth-order valence-corrected chi connectivity index (χ4v) is 2.18. The topological polar surface area (TPSA) is 29.1 Å². The average molecular weight is 203 g/mol. The predicted octanol–water partition coefficient (Wildman–Crippen LogP) is 2.15. The third kappa shape index (κ3) is 3.08. The normalized spacial score (nSPS) is 21.9. The summed E-state index contributed by atoms with van der Waals surface area (Å²) in [5.74, 6) is 0.739.